The van der Waals surface area contributed by atoms with Gasteiger partial charge < -0.3 is 4.42 Å². The zero-order valence-electron chi connectivity index (χ0n) is 10.6. The van der Waals surface area contributed by atoms with Crippen LogP contribution < -0.4 is 0 Å². The van der Waals surface area contributed by atoms with Gasteiger partial charge in [-0.15, -0.1) is 10.2 Å². The van der Waals surface area contributed by atoms with E-state index in [1.807, 2.05) is 6.92 Å². The first-order valence-electron chi connectivity index (χ1n) is 6.02. The number of aromatic nitrogens is 2. The Morgan fingerprint density at radius 3 is 2.40 bits per heavy atom. The fraction of sp³-hybridized carbons (Fsp3) is 0.385. The lowest BCUT2D eigenvalue weighted by molar-refractivity contribution is -0.137. The molecule has 1 atom stereocenters. The lowest BCUT2D eigenvalue weighted by Gasteiger charge is -2.06. The van der Waals surface area contributed by atoms with E-state index in [0.29, 0.717) is 23.8 Å². The highest BCUT2D eigenvalue weighted by Crippen LogP contribution is 2.29. The van der Waals surface area contributed by atoms with E-state index in [1.165, 1.54) is 12.1 Å². The minimum Gasteiger partial charge on any atom is -0.424 e. The number of hydrogen-bond donors (Lipinski definition) is 0. The Hall–Kier alpha value is -1.37. The van der Waals surface area contributed by atoms with Crippen molar-refractivity contribution in [2.24, 2.45) is 0 Å². The monoisotopic (exact) mass is 348 g/mol. The van der Waals surface area contributed by atoms with Crippen molar-refractivity contribution < 1.29 is 17.6 Å². The maximum absolute atomic E-state index is 12.4. The second-order valence-corrected chi connectivity index (χ2v) is 5.39. The molecule has 1 unspecified atom stereocenters. The predicted molar refractivity (Wildman–Crippen MR) is 70.5 cm³/mol. The van der Waals surface area contributed by atoms with Gasteiger partial charge in [0.05, 0.1) is 16.8 Å². The Morgan fingerprint density at radius 1 is 1.20 bits per heavy atom. The van der Waals surface area contributed by atoms with Crippen LogP contribution in [-0.2, 0) is 12.6 Å². The van der Waals surface area contributed by atoms with E-state index in [1.54, 1.807) is 0 Å². The van der Waals surface area contributed by atoms with E-state index >= 15 is 0 Å². The van der Waals surface area contributed by atoms with E-state index in [9.17, 15) is 13.2 Å². The molecule has 3 nitrogen and oxygen atoms in total. The van der Waals surface area contributed by atoms with Gasteiger partial charge in [-0.25, -0.2) is 0 Å². The standard InChI is InChI=1S/C13H12BrF3N2O/c1-2-10(14)12-19-18-11(20-12)7-8-3-5-9(6-4-8)13(15,16)17/h3-6,10H,2,7H2,1H3. The molecule has 0 fully saturated rings. The minimum absolute atomic E-state index is 0.00337. The van der Waals surface area contributed by atoms with Gasteiger partial charge >= 0.3 is 6.18 Å². The van der Waals surface area contributed by atoms with Crippen LogP contribution in [0.5, 0.6) is 0 Å². The van der Waals surface area contributed by atoms with E-state index in [2.05, 4.69) is 26.1 Å². The third-order valence-electron chi connectivity index (χ3n) is 2.75. The number of rotatable bonds is 4. The molecule has 1 heterocycles. The van der Waals surface area contributed by atoms with Gasteiger partial charge in [-0.05, 0) is 24.1 Å². The second kappa shape index (κ2) is 5.95. The fourth-order valence-electron chi connectivity index (χ4n) is 1.63. The number of hydrogen-bond acceptors (Lipinski definition) is 3. The molecule has 0 saturated heterocycles. The molecule has 1 aromatic heterocycles. The fourth-order valence-corrected chi connectivity index (χ4v) is 1.81. The third-order valence-corrected chi connectivity index (χ3v) is 3.78. The molecule has 0 aliphatic rings. The van der Waals surface area contributed by atoms with E-state index in [4.69, 9.17) is 4.42 Å². The molecule has 0 saturated carbocycles. The molecule has 0 spiro atoms. The first kappa shape index (κ1) is 15.0. The second-order valence-electron chi connectivity index (χ2n) is 4.28. The molecule has 0 aliphatic carbocycles. The highest BCUT2D eigenvalue weighted by molar-refractivity contribution is 9.09. The molecule has 2 rings (SSSR count). The molecule has 0 N–H and O–H groups in total. The summed E-state index contributed by atoms with van der Waals surface area (Å²) in [6, 6.07) is 4.92. The normalized spacial score (nSPS) is 13.4. The van der Waals surface area contributed by atoms with Crippen molar-refractivity contribution in [3.8, 4) is 0 Å². The molecule has 0 amide bonds. The highest BCUT2D eigenvalue weighted by atomic mass is 79.9. The van der Waals surface area contributed by atoms with Crippen LogP contribution in [0.1, 0.15) is 41.1 Å². The van der Waals surface area contributed by atoms with Crippen LogP contribution in [0, 0.1) is 0 Å². The maximum atomic E-state index is 12.4. The summed E-state index contributed by atoms with van der Waals surface area (Å²) in [5.41, 5.74) is 0.0230. The van der Waals surface area contributed by atoms with Crippen LogP contribution in [0.25, 0.3) is 0 Å². The van der Waals surface area contributed by atoms with Crippen LogP contribution in [0.2, 0.25) is 0 Å². The zero-order chi connectivity index (χ0) is 14.8. The highest BCUT2D eigenvalue weighted by Gasteiger charge is 2.29. The number of halogens is 4. The van der Waals surface area contributed by atoms with Gasteiger partial charge in [0.2, 0.25) is 11.8 Å². The van der Waals surface area contributed by atoms with Crippen LogP contribution in [0.3, 0.4) is 0 Å². The van der Waals surface area contributed by atoms with E-state index in [-0.39, 0.29) is 4.83 Å². The Morgan fingerprint density at radius 2 is 1.85 bits per heavy atom. The zero-order valence-corrected chi connectivity index (χ0v) is 12.2. The molecule has 1 aromatic carbocycles. The molecular weight excluding hydrogens is 337 g/mol. The molecule has 0 aliphatic heterocycles. The first-order chi connectivity index (χ1) is 9.40. The average molecular weight is 349 g/mol. The van der Waals surface area contributed by atoms with Crippen molar-refractivity contribution in [1.82, 2.24) is 10.2 Å². The molecule has 0 radical (unpaired) electrons. The number of benzene rings is 1. The van der Waals surface area contributed by atoms with Gasteiger partial charge in [-0.1, -0.05) is 35.0 Å². The average Bonchev–Trinajstić information content (AvgIpc) is 2.86. The SMILES string of the molecule is CCC(Br)c1nnc(Cc2ccc(C(F)(F)F)cc2)o1. The van der Waals surface area contributed by atoms with Gasteiger partial charge in [0.1, 0.15) is 0 Å². The van der Waals surface area contributed by atoms with Gasteiger partial charge in [-0.3, -0.25) is 0 Å². The van der Waals surface area contributed by atoms with Crippen molar-refractivity contribution in [2.75, 3.05) is 0 Å². The maximum Gasteiger partial charge on any atom is 0.416 e. The summed E-state index contributed by atoms with van der Waals surface area (Å²) in [5, 5.41) is 7.78. The molecule has 20 heavy (non-hydrogen) atoms. The lowest BCUT2D eigenvalue weighted by Crippen LogP contribution is -2.04. The van der Waals surface area contributed by atoms with Crippen molar-refractivity contribution in [3.63, 3.8) is 0 Å². The smallest absolute Gasteiger partial charge is 0.416 e. The van der Waals surface area contributed by atoms with E-state index < -0.39 is 11.7 Å². The van der Waals surface area contributed by atoms with Crippen molar-refractivity contribution >= 4 is 15.9 Å². The largest absolute Gasteiger partial charge is 0.424 e. The Balaban J connectivity index is 2.08. The quantitative estimate of drug-likeness (QED) is 0.762. The predicted octanol–water partition coefficient (Wildman–Crippen LogP) is 4.53. The summed E-state index contributed by atoms with van der Waals surface area (Å²) < 4.78 is 42.7. The van der Waals surface area contributed by atoms with Crippen LogP contribution in [0.15, 0.2) is 28.7 Å². The van der Waals surface area contributed by atoms with Crippen LogP contribution in [0.4, 0.5) is 13.2 Å². The molecular formula is C13H12BrF3N2O. The molecule has 0 bridgehead atoms. The van der Waals surface area contributed by atoms with Crippen LogP contribution >= 0.6 is 15.9 Å². The number of nitrogens with zero attached hydrogens (tertiary/aromatic N) is 2. The van der Waals surface area contributed by atoms with Gasteiger partial charge in [-0.2, -0.15) is 13.2 Å². The Kier molecular flexibility index (Phi) is 4.47. The summed E-state index contributed by atoms with van der Waals surface area (Å²) >= 11 is 3.39. The third kappa shape index (κ3) is 3.59. The molecule has 7 heteroatoms. The van der Waals surface area contributed by atoms with Crippen molar-refractivity contribution in [3.05, 3.63) is 47.2 Å². The summed E-state index contributed by atoms with van der Waals surface area (Å²) in [7, 11) is 0. The first-order valence-corrected chi connectivity index (χ1v) is 6.94. The van der Waals surface area contributed by atoms with Gasteiger partial charge in [0.25, 0.3) is 0 Å². The molecule has 108 valence electrons. The van der Waals surface area contributed by atoms with Gasteiger partial charge in [0, 0.05) is 0 Å². The van der Waals surface area contributed by atoms with Crippen LogP contribution in [-0.4, -0.2) is 10.2 Å². The van der Waals surface area contributed by atoms with Crippen molar-refractivity contribution in [2.45, 2.75) is 30.8 Å². The summed E-state index contributed by atoms with van der Waals surface area (Å²) in [4.78, 5) is -0.00337. The summed E-state index contributed by atoms with van der Waals surface area (Å²) in [5.74, 6) is 0.868. The Labute approximate surface area is 122 Å². The van der Waals surface area contributed by atoms with Crippen molar-refractivity contribution in [1.29, 1.82) is 0 Å². The summed E-state index contributed by atoms with van der Waals surface area (Å²) in [6.07, 6.45) is -3.20. The molecule has 2 aromatic rings. The van der Waals surface area contributed by atoms with E-state index in [0.717, 1.165) is 18.6 Å². The Bertz CT molecular complexity index is 566. The van der Waals surface area contributed by atoms with Gasteiger partial charge in [0.15, 0.2) is 0 Å². The summed E-state index contributed by atoms with van der Waals surface area (Å²) in [6.45, 7) is 1.97. The topological polar surface area (TPSA) is 38.9 Å². The number of alkyl halides is 4. The lowest BCUT2D eigenvalue weighted by atomic mass is 10.1. The minimum atomic E-state index is -4.32.